The molecule has 1 N–H and O–H groups in total. The van der Waals surface area contributed by atoms with E-state index >= 15 is 0 Å². The molecule has 10 nitrogen and oxygen atoms in total. The molecule has 13 heteroatoms. The number of aromatic nitrogens is 3. The number of aryl methyl sites for hydroxylation is 2. The van der Waals surface area contributed by atoms with Crippen LogP contribution < -0.4 is 10.1 Å². The molecule has 3 rings (SSSR count). The molecule has 0 bridgehead atoms. The first-order valence-electron chi connectivity index (χ1n) is 12.3. The van der Waals surface area contributed by atoms with Crippen molar-refractivity contribution >= 4 is 57.5 Å². The van der Waals surface area contributed by atoms with Crippen LogP contribution in [0.5, 0.6) is 5.75 Å². The van der Waals surface area contributed by atoms with Crippen LogP contribution in [0.3, 0.4) is 0 Å². The van der Waals surface area contributed by atoms with Crippen LogP contribution in [-0.2, 0) is 27.4 Å². The highest BCUT2D eigenvalue weighted by molar-refractivity contribution is 7.99. The van der Waals surface area contributed by atoms with Crippen molar-refractivity contribution in [2.45, 2.75) is 59.9 Å². The molecule has 0 spiro atoms. The van der Waals surface area contributed by atoms with E-state index in [1.807, 2.05) is 37.5 Å². The predicted octanol–water partition coefficient (Wildman–Crippen LogP) is 5.60. The highest BCUT2D eigenvalue weighted by Gasteiger charge is 2.27. The lowest BCUT2D eigenvalue weighted by molar-refractivity contribution is -0.113. The molecule has 3 aromatic rings. The standard InChI is InChI=1S/C26H31ClN4O6S2/c1-7-31-18(12-37-17-10-14(4)21(27)15(5)11-17)29-30-26(31)38-13-19(32)28-23-20(24(33)35-8-2)16(6)22(39-23)25(34)36-9-3/h10-11H,7-9,12-13H2,1-6H3,(H,28,32). The summed E-state index contributed by atoms with van der Waals surface area (Å²) in [6.45, 7) is 11.9. The Morgan fingerprint density at radius 3 is 2.28 bits per heavy atom. The Morgan fingerprint density at radius 2 is 1.67 bits per heavy atom. The summed E-state index contributed by atoms with van der Waals surface area (Å²) in [5.41, 5.74) is 2.40. The third kappa shape index (κ3) is 7.31. The molecule has 0 aliphatic carbocycles. The number of halogens is 1. The summed E-state index contributed by atoms with van der Waals surface area (Å²) in [5, 5.41) is 12.7. The zero-order valence-electron chi connectivity index (χ0n) is 22.7. The number of ether oxygens (including phenoxy) is 3. The van der Waals surface area contributed by atoms with Gasteiger partial charge in [-0.2, -0.15) is 0 Å². The van der Waals surface area contributed by atoms with Gasteiger partial charge in [0.05, 0.1) is 24.5 Å². The number of anilines is 1. The summed E-state index contributed by atoms with van der Waals surface area (Å²) in [6.07, 6.45) is 0. The topological polar surface area (TPSA) is 122 Å². The molecule has 0 aliphatic rings. The molecule has 1 aromatic carbocycles. The average molecular weight is 595 g/mol. The number of rotatable bonds is 12. The van der Waals surface area contributed by atoms with Crippen molar-refractivity contribution < 1.29 is 28.6 Å². The van der Waals surface area contributed by atoms with Crippen LogP contribution in [0.4, 0.5) is 5.00 Å². The van der Waals surface area contributed by atoms with Crippen LogP contribution in [0.2, 0.25) is 5.02 Å². The number of hydrogen-bond donors (Lipinski definition) is 1. The fraction of sp³-hybridized carbons (Fsp3) is 0.423. The molecule has 39 heavy (non-hydrogen) atoms. The highest BCUT2D eigenvalue weighted by Crippen LogP contribution is 2.34. The first kappa shape index (κ1) is 30.5. The number of benzene rings is 1. The Labute approximate surface area is 240 Å². The molecular formula is C26H31ClN4O6S2. The third-order valence-electron chi connectivity index (χ3n) is 5.56. The second-order valence-corrected chi connectivity index (χ2v) is 10.7. The number of nitrogens with zero attached hydrogens (tertiary/aromatic N) is 3. The second-order valence-electron chi connectivity index (χ2n) is 8.34. The normalized spacial score (nSPS) is 10.8. The number of hydrogen-bond acceptors (Lipinski definition) is 10. The summed E-state index contributed by atoms with van der Waals surface area (Å²) >= 11 is 8.42. The minimum atomic E-state index is -0.619. The van der Waals surface area contributed by atoms with Crippen LogP contribution in [-0.4, -0.2) is 51.6 Å². The fourth-order valence-corrected chi connectivity index (χ4v) is 5.76. The van der Waals surface area contributed by atoms with E-state index in [0.29, 0.717) is 33.9 Å². The molecular weight excluding hydrogens is 564 g/mol. The molecule has 210 valence electrons. The van der Waals surface area contributed by atoms with Gasteiger partial charge >= 0.3 is 11.9 Å². The van der Waals surface area contributed by atoms with Gasteiger partial charge in [-0.25, -0.2) is 9.59 Å². The molecule has 0 radical (unpaired) electrons. The summed E-state index contributed by atoms with van der Waals surface area (Å²) in [6, 6.07) is 3.73. The molecule has 1 amide bonds. The zero-order chi connectivity index (χ0) is 28.7. The largest absolute Gasteiger partial charge is 0.486 e. The number of amides is 1. The van der Waals surface area contributed by atoms with E-state index in [9.17, 15) is 14.4 Å². The summed E-state index contributed by atoms with van der Waals surface area (Å²) < 4.78 is 18.0. The molecule has 0 unspecified atom stereocenters. The first-order chi connectivity index (χ1) is 18.6. The van der Waals surface area contributed by atoms with Crippen molar-refractivity contribution in [3.05, 3.63) is 50.1 Å². The van der Waals surface area contributed by atoms with E-state index < -0.39 is 11.9 Å². The Morgan fingerprint density at radius 1 is 1.03 bits per heavy atom. The number of thiophene rings is 1. The average Bonchev–Trinajstić information content (AvgIpc) is 3.44. The first-order valence-corrected chi connectivity index (χ1v) is 14.5. The molecule has 0 aliphatic heterocycles. The molecule has 0 atom stereocenters. The summed E-state index contributed by atoms with van der Waals surface area (Å²) in [4.78, 5) is 38.0. The van der Waals surface area contributed by atoms with Gasteiger partial charge in [0.1, 0.15) is 22.2 Å². The highest BCUT2D eigenvalue weighted by atomic mass is 35.5. The smallest absolute Gasteiger partial charge is 0.348 e. The van der Waals surface area contributed by atoms with Gasteiger partial charge in [-0.05, 0) is 70.4 Å². The van der Waals surface area contributed by atoms with Gasteiger partial charge in [0.2, 0.25) is 5.91 Å². The van der Waals surface area contributed by atoms with Gasteiger partial charge in [0.15, 0.2) is 11.0 Å². The second kappa shape index (κ2) is 13.8. The van der Waals surface area contributed by atoms with E-state index in [1.165, 1.54) is 11.8 Å². The van der Waals surface area contributed by atoms with E-state index in [-0.39, 0.29) is 46.9 Å². The third-order valence-corrected chi connectivity index (χ3v) is 8.31. The SMILES string of the molecule is CCOC(=O)c1sc(NC(=O)CSc2nnc(COc3cc(C)c(Cl)c(C)c3)n2CC)c(C(=O)OCC)c1C. The van der Waals surface area contributed by atoms with Crippen LogP contribution in [0.25, 0.3) is 0 Å². The van der Waals surface area contributed by atoms with Crippen LogP contribution in [0, 0.1) is 20.8 Å². The Balaban J connectivity index is 1.70. The van der Waals surface area contributed by atoms with Crippen LogP contribution in [0.1, 0.15) is 63.3 Å². The van der Waals surface area contributed by atoms with Crippen molar-refractivity contribution in [1.82, 2.24) is 14.8 Å². The predicted molar refractivity (Wildman–Crippen MR) is 151 cm³/mol. The van der Waals surface area contributed by atoms with Gasteiger partial charge in [-0.3, -0.25) is 4.79 Å². The van der Waals surface area contributed by atoms with Gasteiger partial charge in [0.25, 0.3) is 0 Å². The monoisotopic (exact) mass is 594 g/mol. The number of carbonyl (C=O) groups is 3. The number of esters is 2. The summed E-state index contributed by atoms with van der Waals surface area (Å²) in [5.74, 6) is -0.260. The number of carbonyl (C=O) groups excluding carboxylic acids is 3. The molecule has 0 saturated carbocycles. The quantitative estimate of drug-likeness (QED) is 0.211. The number of thioether (sulfide) groups is 1. The fourth-order valence-electron chi connectivity index (χ4n) is 3.72. The van der Waals surface area contributed by atoms with E-state index in [1.54, 1.807) is 20.8 Å². The Bertz CT molecular complexity index is 1350. The van der Waals surface area contributed by atoms with Crippen molar-refractivity contribution in [1.29, 1.82) is 0 Å². The minimum absolute atomic E-state index is 0.00250. The lowest BCUT2D eigenvalue weighted by atomic mass is 10.1. The Hall–Kier alpha value is -3.09. The van der Waals surface area contributed by atoms with E-state index in [2.05, 4.69) is 15.5 Å². The minimum Gasteiger partial charge on any atom is -0.486 e. The van der Waals surface area contributed by atoms with Crippen molar-refractivity contribution in [3.63, 3.8) is 0 Å². The van der Waals surface area contributed by atoms with Crippen LogP contribution in [0.15, 0.2) is 17.3 Å². The summed E-state index contributed by atoms with van der Waals surface area (Å²) in [7, 11) is 0. The van der Waals surface area contributed by atoms with E-state index in [4.69, 9.17) is 25.8 Å². The maximum absolute atomic E-state index is 12.9. The molecule has 2 heterocycles. The van der Waals surface area contributed by atoms with Crippen molar-refractivity contribution in [2.24, 2.45) is 0 Å². The Kier molecular flexibility index (Phi) is 10.8. The lowest BCUT2D eigenvalue weighted by Crippen LogP contribution is -2.17. The molecule has 0 fully saturated rings. The van der Waals surface area contributed by atoms with Gasteiger partial charge in [-0.15, -0.1) is 21.5 Å². The molecule has 0 saturated heterocycles. The molecule has 2 aromatic heterocycles. The maximum atomic E-state index is 12.9. The van der Waals surface area contributed by atoms with Crippen molar-refractivity contribution in [3.8, 4) is 5.75 Å². The maximum Gasteiger partial charge on any atom is 0.348 e. The zero-order valence-corrected chi connectivity index (χ0v) is 25.1. The lowest BCUT2D eigenvalue weighted by Gasteiger charge is -2.11. The van der Waals surface area contributed by atoms with Gasteiger partial charge in [0, 0.05) is 11.6 Å². The van der Waals surface area contributed by atoms with Gasteiger partial charge in [-0.1, -0.05) is 23.4 Å². The van der Waals surface area contributed by atoms with Gasteiger partial charge < -0.3 is 24.1 Å². The van der Waals surface area contributed by atoms with Crippen molar-refractivity contribution in [2.75, 3.05) is 24.3 Å². The van der Waals surface area contributed by atoms with E-state index in [0.717, 1.165) is 22.5 Å². The number of nitrogens with one attached hydrogen (secondary N) is 1. The van der Waals surface area contributed by atoms with Crippen LogP contribution >= 0.6 is 34.7 Å².